The third-order valence-electron chi connectivity index (χ3n) is 6.53. The molecule has 1 N–H and O–H groups in total. The minimum Gasteiger partial charge on any atom is -0.423 e. The van der Waals surface area contributed by atoms with Gasteiger partial charge in [0.15, 0.2) is 5.54 Å². The molecule has 6 heteroatoms. The first-order chi connectivity index (χ1) is 16.4. The van der Waals surface area contributed by atoms with Gasteiger partial charge in [-0.1, -0.05) is 60.7 Å². The van der Waals surface area contributed by atoms with E-state index in [0.717, 1.165) is 16.7 Å². The summed E-state index contributed by atoms with van der Waals surface area (Å²) in [5.41, 5.74) is 2.93. The molecule has 0 spiro atoms. The Balaban J connectivity index is 1.58. The van der Waals surface area contributed by atoms with E-state index in [1.54, 1.807) is 0 Å². The van der Waals surface area contributed by atoms with Crippen LogP contribution < -0.4 is 10.9 Å². The second kappa shape index (κ2) is 8.30. The van der Waals surface area contributed by atoms with E-state index in [4.69, 9.17) is 4.42 Å². The highest BCUT2D eigenvalue weighted by molar-refractivity contribution is 6.07. The number of fused-ring (bicyclic) bond motifs is 1. The molecule has 4 aromatic rings. The summed E-state index contributed by atoms with van der Waals surface area (Å²) in [5, 5.41) is 3.68. The van der Waals surface area contributed by atoms with Crippen LogP contribution in [0.4, 0.5) is 4.79 Å². The van der Waals surface area contributed by atoms with Crippen LogP contribution in [0.2, 0.25) is 0 Å². The molecule has 34 heavy (non-hydrogen) atoms. The zero-order chi connectivity index (χ0) is 23.9. The highest BCUT2D eigenvalue weighted by Gasteiger charge is 2.52. The fourth-order valence-electron chi connectivity index (χ4n) is 4.60. The Kier molecular flexibility index (Phi) is 5.28. The van der Waals surface area contributed by atoms with Crippen LogP contribution in [-0.4, -0.2) is 16.8 Å². The van der Waals surface area contributed by atoms with Crippen LogP contribution in [0.3, 0.4) is 0 Å². The van der Waals surface area contributed by atoms with Gasteiger partial charge >= 0.3 is 11.7 Å². The second-order valence-electron chi connectivity index (χ2n) is 8.78. The molecular formula is C28H24N2O4. The number of nitrogens with zero attached hydrogens (tertiary/aromatic N) is 1. The molecule has 1 aliphatic heterocycles. The second-order valence-corrected chi connectivity index (χ2v) is 8.78. The Labute approximate surface area is 196 Å². The number of rotatable bonds is 5. The number of amides is 3. The monoisotopic (exact) mass is 452 g/mol. The van der Waals surface area contributed by atoms with Crippen molar-refractivity contribution < 1.29 is 14.0 Å². The summed E-state index contributed by atoms with van der Waals surface area (Å²) in [6.07, 6.45) is 0.314. The third-order valence-corrected chi connectivity index (χ3v) is 6.53. The van der Waals surface area contributed by atoms with E-state index >= 15 is 0 Å². The van der Waals surface area contributed by atoms with Crippen molar-refractivity contribution >= 4 is 22.9 Å². The average Bonchev–Trinajstić information content (AvgIpc) is 3.06. The minimum atomic E-state index is -1.23. The van der Waals surface area contributed by atoms with Gasteiger partial charge in [-0.05, 0) is 53.8 Å². The molecule has 1 saturated heterocycles. The van der Waals surface area contributed by atoms with Crippen LogP contribution >= 0.6 is 0 Å². The molecule has 0 radical (unpaired) electrons. The topological polar surface area (TPSA) is 79.6 Å². The maximum absolute atomic E-state index is 13.9. The van der Waals surface area contributed by atoms with Gasteiger partial charge in [0.2, 0.25) is 0 Å². The van der Waals surface area contributed by atoms with Crippen LogP contribution in [0, 0.1) is 13.8 Å². The van der Waals surface area contributed by atoms with Crippen LogP contribution in [0.25, 0.3) is 11.0 Å². The fourth-order valence-corrected chi connectivity index (χ4v) is 4.60. The van der Waals surface area contributed by atoms with E-state index in [-0.39, 0.29) is 12.5 Å². The Bertz CT molecular complexity index is 1460. The number of carbonyl (C=O) groups excluding carboxylic acids is 2. The molecule has 170 valence electrons. The standard InChI is InChI=1S/C28H24N2O4/c1-18-13-23-21(15-25(31)34-24(23)14-19(18)2)17-30-26(32)28(29-27(30)33,22-11-7-4-8-12-22)16-20-9-5-3-6-10-20/h3-15H,16-17H2,1-2H3,(H,29,33). The van der Waals surface area contributed by atoms with Crippen molar-refractivity contribution in [2.24, 2.45) is 0 Å². The first-order valence-electron chi connectivity index (χ1n) is 11.1. The van der Waals surface area contributed by atoms with Gasteiger partial charge < -0.3 is 9.73 Å². The summed E-state index contributed by atoms with van der Waals surface area (Å²) in [6, 6.07) is 23.5. The Morgan fingerprint density at radius 3 is 2.21 bits per heavy atom. The first kappa shape index (κ1) is 21.6. The molecular weight excluding hydrogens is 428 g/mol. The number of hydrogen-bond donors (Lipinski definition) is 1. The summed E-state index contributed by atoms with van der Waals surface area (Å²) >= 11 is 0. The van der Waals surface area contributed by atoms with Crippen molar-refractivity contribution in [1.82, 2.24) is 10.2 Å². The van der Waals surface area contributed by atoms with Gasteiger partial charge in [-0.15, -0.1) is 0 Å². The largest absolute Gasteiger partial charge is 0.423 e. The van der Waals surface area contributed by atoms with Crippen LogP contribution in [0.1, 0.15) is 27.8 Å². The van der Waals surface area contributed by atoms with Gasteiger partial charge in [0.25, 0.3) is 5.91 Å². The van der Waals surface area contributed by atoms with Crippen molar-refractivity contribution in [3.05, 3.63) is 117 Å². The minimum absolute atomic E-state index is 0.0291. The molecule has 1 aliphatic rings. The molecule has 0 aliphatic carbocycles. The quantitative estimate of drug-likeness (QED) is 0.355. The normalized spacial score (nSPS) is 17.9. The number of carbonyl (C=O) groups is 2. The highest BCUT2D eigenvalue weighted by atomic mass is 16.4. The zero-order valence-corrected chi connectivity index (χ0v) is 19.0. The number of aryl methyl sites for hydroxylation is 2. The zero-order valence-electron chi connectivity index (χ0n) is 19.0. The lowest BCUT2D eigenvalue weighted by Gasteiger charge is -2.27. The maximum Gasteiger partial charge on any atom is 0.336 e. The van der Waals surface area contributed by atoms with Crippen molar-refractivity contribution in [3.63, 3.8) is 0 Å². The molecule has 1 fully saturated rings. The average molecular weight is 453 g/mol. The Morgan fingerprint density at radius 2 is 1.50 bits per heavy atom. The van der Waals surface area contributed by atoms with Crippen LogP contribution in [-0.2, 0) is 23.3 Å². The summed E-state index contributed by atoms with van der Waals surface area (Å²) in [5.74, 6) is -0.349. The number of imide groups is 1. The molecule has 1 aromatic heterocycles. The molecule has 3 aromatic carbocycles. The smallest absolute Gasteiger partial charge is 0.336 e. The fraction of sp³-hybridized carbons (Fsp3) is 0.179. The van der Waals surface area contributed by atoms with Gasteiger partial charge in [0.1, 0.15) is 5.58 Å². The first-order valence-corrected chi connectivity index (χ1v) is 11.1. The summed E-state index contributed by atoms with van der Waals surface area (Å²) < 4.78 is 5.39. The van der Waals surface area contributed by atoms with Gasteiger partial charge in [0, 0.05) is 17.9 Å². The van der Waals surface area contributed by atoms with Crippen LogP contribution in [0.15, 0.2) is 88.1 Å². The summed E-state index contributed by atoms with van der Waals surface area (Å²) in [6.45, 7) is 3.88. The highest BCUT2D eigenvalue weighted by Crippen LogP contribution is 2.34. The van der Waals surface area contributed by atoms with E-state index < -0.39 is 17.2 Å². The lowest BCUT2D eigenvalue weighted by atomic mass is 9.83. The van der Waals surface area contributed by atoms with Gasteiger partial charge in [0.05, 0.1) is 6.54 Å². The van der Waals surface area contributed by atoms with Crippen LogP contribution in [0.5, 0.6) is 0 Å². The number of benzene rings is 3. The molecule has 0 saturated carbocycles. The number of hydrogen-bond acceptors (Lipinski definition) is 4. The third kappa shape index (κ3) is 3.67. The summed E-state index contributed by atoms with van der Waals surface area (Å²) in [4.78, 5) is 40.6. The molecule has 5 rings (SSSR count). The van der Waals surface area contributed by atoms with E-state index in [1.165, 1.54) is 11.0 Å². The molecule has 1 atom stereocenters. The molecule has 1 unspecified atom stereocenters. The SMILES string of the molecule is Cc1cc2oc(=O)cc(CN3C(=O)NC(Cc4ccccc4)(c4ccccc4)C3=O)c2cc1C. The van der Waals surface area contributed by atoms with E-state index in [1.807, 2.05) is 86.6 Å². The molecule has 3 amide bonds. The maximum atomic E-state index is 13.9. The van der Waals surface area contributed by atoms with E-state index in [0.29, 0.717) is 28.5 Å². The van der Waals surface area contributed by atoms with E-state index in [2.05, 4.69) is 5.32 Å². The molecule has 6 nitrogen and oxygen atoms in total. The van der Waals surface area contributed by atoms with Crippen molar-refractivity contribution in [2.45, 2.75) is 32.4 Å². The van der Waals surface area contributed by atoms with Gasteiger partial charge in [-0.2, -0.15) is 0 Å². The number of urea groups is 1. The predicted octanol–water partition coefficient (Wildman–Crippen LogP) is 4.60. The molecule has 0 bridgehead atoms. The van der Waals surface area contributed by atoms with Crippen molar-refractivity contribution in [2.75, 3.05) is 0 Å². The summed E-state index contributed by atoms with van der Waals surface area (Å²) in [7, 11) is 0. The lowest BCUT2D eigenvalue weighted by molar-refractivity contribution is -0.132. The van der Waals surface area contributed by atoms with Gasteiger partial charge in [-0.25, -0.2) is 9.59 Å². The Morgan fingerprint density at radius 1 is 0.853 bits per heavy atom. The van der Waals surface area contributed by atoms with Gasteiger partial charge in [-0.3, -0.25) is 9.69 Å². The lowest BCUT2D eigenvalue weighted by Crippen LogP contribution is -2.46. The van der Waals surface area contributed by atoms with Crippen molar-refractivity contribution in [3.8, 4) is 0 Å². The van der Waals surface area contributed by atoms with Crippen molar-refractivity contribution in [1.29, 1.82) is 0 Å². The Hall–Kier alpha value is -4.19. The number of nitrogens with one attached hydrogen (secondary N) is 1. The predicted molar refractivity (Wildman–Crippen MR) is 129 cm³/mol. The van der Waals surface area contributed by atoms with E-state index in [9.17, 15) is 14.4 Å². The molecule has 2 heterocycles.